The molecule has 7 nitrogen and oxygen atoms in total. The van der Waals surface area contributed by atoms with Gasteiger partial charge in [-0.1, -0.05) is 0 Å². The minimum absolute atomic E-state index is 0.0604. The Morgan fingerprint density at radius 2 is 1.55 bits per heavy atom. The Bertz CT molecular complexity index is 233. The molecule has 0 aliphatic heterocycles. The van der Waals surface area contributed by atoms with Gasteiger partial charge in [0.15, 0.2) is 5.78 Å². The van der Waals surface area contributed by atoms with Crippen molar-refractivity contribution in [2.75, 3.05) is 60.4 Å². The Labute approximate surface area is 119 Å². The van der Waals surface area contributed by atoms with Crippen LogP contribution in [0.25, 0.3) is 0 Å². The van der Waals surface area contributed by atoms with Gasteiger partial charge in [-0.3, -0.25) is 9.59 Å². The molecule has 0 aromatic carbocycles. The highest BCUT2D eigenvalue weighted by Crippen LogP contribution is 1.92. The molecule has 0 rings (SSSR count). The molecule has 0 radical (unpaired) electrons. The van der Waals surface area contributed by atoms with Gasteiger partial charge in [-0.2, -0.15) is 0 Å². The van der Waals surface area contributed by atoms with Crippen LogP contribution >= 0.6 is 0 Å². The summed E-state index contributed by atoms with van der Waals surface area (Å²) in [5.74, 6) is -0.0766. The van der Waals surface area contributed by atoms with Gasteiger partial charge < -0.3 is 24.3 Å². The highest BCUT2D eigenvalue weighted by Gasteiger charge is 2.00. The fourth-order valence-electron chi connectivity index (χ4n) is 1.37. The topological polar surface area (TPSA) is 83.1 Å². The smallest absolute Gasteiger partial charge is 0.246 e. The number of rotatable bonds is 14. The predicted molar refractivity (Wildman–Crippen MR) is 72.6 cm³/mol. The lowest BCUT2D eigenvalue weighted by Gasteiger charge is -2.07. The molecule has 0 aromatic heterocycles. The van der Waals surface area contributed by atoms with Crippen LogP contribution in [0.1, 0.15) is 12.8 Å². The van der Waals surface area contributed by atoms with Gasteiger partial charge in [0.05, 0.1) is 19.8 Å². The van der Waals surface area contributed by atoms with Crippen molar-refractivity contribution < 1.29 is 28.5 Å². The van der Waals surface area contributed by atoms with Crippen LogP contribution in [0.4, 0.5) is 0 Å². The van der Waals surface area contributed by atoms with Crippen LogP contribution in [0.5, 0.6) is 0 Å². The average molecular weight is 291 g/mol. The van der Waals surface area contributed by atoms with Crippen molar-refractivity contribution in [3.63, 3.8) is 0 Å². The number of amides is 1. The Kier molecular flexibility index (Phi) is 13.7. The molecule has 0 aliphatic rings. The number of Topliss-reactive ketones (excluding diaryl/α,β-unsaturated/α-hetero) is 1. The summed E-state index contributed by atoms with van der Waals surface area (Å²) >= 11 is 0. The molecule has 118 valence electrons. The molecule has 0 heterocycles. The van der Waals surface area contributed by atoms with Crippen molar-refractivity contribution in [2.24, 2.45) is 0 Å². The molecule has 0 unspecified atom stereocenters. The Morgan fingerprint density at radius 3 is 2.20 bits per heavy atom. The Morgan fingerprint density at radius 1 is 0.900 bits per heavy atom. The van der Waals surface area contributed by atoms with Crippen molar-refractivity contribution >= 4 is 11.7 Å². The largest absolute Gasteiger partial charge is 0.379 e. The number of nitrogens with one attached hydrogen (secondary N) is 1. The first-order valence-electron chi connectivity index (χ1n) is 6.62. The molecule has 0 saturated heterocycles. The number of carbonyl (C=O) groups is 2. The van der Waals surface area contributed by atoms with Gasteiger partial charge >= 0.3 is 0 Å². The van der Waals surface area contributed by atoms with Crippen LogP contribution in [0.15, 0.2) is 0 Å². The summed E-state index contributed by atoms with van der Waals surface area (Å²) in [7, 11) is 2.97. The van der Waals surface area contributed by atoms with E-state index in [0.717, 1.165) is 0 Å². The van der Waals surface area contributed by atoms with Gasteiger partial charge in [-0.05, 0) is 6.42 Å². The normalized spacial score (nSPS) is 10.5. The maximum Gasteiger partial charge on any atom is 0.246 e. The fourth-order valence-corrected chi connectivity index (χ4v) is 1.37. The molecular weight excluding hydrogens is 266 g/mol. The molecule has 0 bridgehead atoms. The van der Waals surface area contributed by atoms with Gasteiger partial charge in [0.2, 0.25) is 5.91 Å². The van der Waals surface area contributed by atoms with E-state index in [1.54, 1.807) is 0 Å². The van der Waals surface area contributed by atoms with E-state index in [2.05, 4.69) is 10.1 Å². The average Bonchev–Trinajstić information content (AvgIpc) is 2.41. The number of carbonyl (C=O) groups excluding carboxylic acids is 2. The summed E-state index contributed by atoms with van der Waals surface area (Å²) in [6.07, 6.45) is 1.16. The van der Waals surface area contributed by atoms with Gasteiger partial charge in [-0.15, -0.1) is 0 Å². The van der Waals surface area contributed by atoms with Crippen LogP contribution in [-0.4, -0.2) is 72.1 Å². The zero-order valence-electron chi connectivity index (χ0n) is 12.3. The standard InChI is InChI=1S/C13H25NO6/c1-17-10-12(15)4-3-6-19-8-9-20-7-5-14-13(16)11-18-2/h3-11H2,1-2H3,(H,14,16). The number of hydrogen-bond donors (Lipinski definition) is 1. The van der Waals surface area contributed by atoms with E-state index in [4.69, 9.17) is 14.2 Å². The van der Waals surface area contributed by atoms with Crippen molar-refractivity contribution in [2.45, 2.75) is 12.8 Å². The lowest BCUT2D eigenvalue weighted by atomic mass is 10.2. The lowest BCUT2D eigenvalue weighted by Crippen LogP contribution is -2.30. The zero-order valence-corrected chi connectivity index (χ0v) is 12.3. The van der Waals surface area contributed by atoms with Crippen LogP contribution in [0.3, 0.4) is 0 Å². The summed E-state index contributed by atoms with van der Waals surface area (Å²) < 4.78 is 19.9. The highest BCUT2D eigenvalue weighted by atomic mass is 16.5. The van der Waals surface area contributed by atoms with E-state index in [9.17, 15) is 9.59 Å². The van der Waals surface area contributed by atoms with E-state index < -0.39 is 0 Å². The molecule has 0 spiro atoms. The minimum atomic E-state index is -0.159. The number of hydrogen-bond acceptors (Lipinski definition) is 6. The zero-order chi connectivity index (χ0) is 15.1. The third-order valence-electron chi connectivity index (χ3n) is 2.27. The molecule has 1 amide bonds. The summed E-state index contributed by atoms with van der Waals surface area (Å²) in [6.45, 7) is 2.59. The highest BCUT2D eigenvalue weighted by molar-refractivity contribution is 5.79. The summed E-state index contributed by atoms with van der Waals surface area (Å²) in [5.41, 5.74) is 0. The first-order valence-corrected chi connectivity index (χ1v) is 6.62. The lowest BCUT2D eigenvalue weighted by molar-refractivity contribution is -0.125. The molecule has 0 aromatic rings. The Hall–Kier alpha value is -1.02. The van der Waals surface area contributed by atoms with Crippen molar-refractivity contribution in [1.29, 1.82) is 0 Å². The molecule has 0 saturated carbocycles. The number of ether oxygens (including phenoxy) is 4. The quantitative estimate of drug-likeness (QED) is 0.445. The predicted octanol–water partition coefficient (Wildman–Crippen LogP) is -0.222. The molecule has 0 aliphatic carbocycles. The summed E-state index contributed by atoms with van der Waals surface area (Å²) in [5, 5.41) is 2.64. The first kappa shape index (κ1) is 19.0. The molecule has 1 N–H and O–H groups in total. The third kappa shape index (κ3) is 13.4. The van der Waals surface area contributed by atoms with Gasteiger partial charge in [-0.25, -0.2) is 0 Å². The van der Waals surface area contributed by atoms with E-state index >= 15 is 0 Å². The second-order valence-electron chi connectivity index (χ2n) is 4.08. The van der Waals surface area contributed by atoms with Gasteiger partial charge in [0.1, 0.15) is 13.2 Å². The van der Waals surface area contributed by atoms with E-state index in [1.165, 1.54) is 14.2 Å². The molecule has 0 atom stereocenters. The van der Waals surface area contributed by atoms with Crippen LogP contribution < -0.4 is 5.32 Å². The second-order valence-corrected chi connectivity index (χ2v) is 4.08. The monoisotopic (exact) mass is 291 g/mol. The number of methoxy groups -OCH3 is 2. The van der Waals surface area contributed by atoms with Crippen LogP contribution in [0, 0.1) is 0 Å². The Balaban J connectivity index is 3.13. The van der Waals surface area contributed by atoms with Crippen LogP contribution in [-0.2, 0) is 28.5 Å². The summed E-state index contributed by atoms with van der Waals surface area (Å²) in [6, 6.07) is 0. The van der Waals surface area contributed by atoms with Crippen LogP contribution in [0.2, 0.25) is 0 Å². The second kappa shape index (κ2) is 14.4. The molecule has 0 fully saturated rings. The van der Waals surface area contributed by atoms with Crippen molar-refractivity contribution in [3.05, 3.63) is 0 Å². The van der Waals surface area contributed by atoms with Crippen molar-refractivity contribution in [1.82, 2.24) is 5.32 Å². The minimum Gasteiger partial charge on any atom is -0.379 e. The van der Waals surface area contributed by atoms with E-state index in [0.29, 0.717) is 45.8 Å². The maximum atomic E-state index is 11.1. The molecule has 20 heavy (non-hydrogen) atoms. The molecule has 7 heteroatoms. The van der Waals surface area contributed by atoms with Gasteiger partial charge in [0.25, 0.3) is 0 Å². The SMILES string of the molecule is COCC(=O)CCCOCCOCCNC(=O)COC. The fraction of sp³-hybridized carbons (Fsp3) is 0.846. The maximum absolute atomic E-state index is 11.1. The van der Waals surface area contributed by atoms with Gasteiger partial charge in [0, 0.05) is 33.8 Å². The van der Waals surface area contributed by atoms with Crippen molar-refractivity contribution in [3.8, 4) is 0 Å². The van der Waals surface area contributed by atoms with E-state index in [1.807, 2.05) is 0 Å². The third-order valence-corrected chi connectivity index (χ3v) is 2.27. The number of ketones is 1. The van der Waals surface area contributed by atoms with E-state index in [-0.39, 0.29) is 24.9 Å². The first-order chi connectivity index (χ1) is 9.70. The summed E-state index contributed by atoms with van der Waals surface area (Å²) in [4.78, 5) is 22.1. The molecular formula is C13H25NO6.